The molecule has 0 spiro atoms. The molecule has 4 aromatic rings. The first-order chi connectivity index (χ1) is 14.0. The van der Waals surface area contributed by atoms with Crippen molar-refractivity contribution in [2.24, 2.45) is 7.05 Å². The third-order valence-electron chi connectivity index (χ3n) is 5.58. The summed E-state index contributed by atoms with van der Waals surface area (Å²) < 4.78 is 5.96. The Kier molecular flexibility index (Phi) is 4.09. The predicted octanol–water partition coefficient (Wildman–Crippen LogP) is 2.49. The summed E-state index contributed by atoms with van der Waals surface area (Å²) in [5.74, 6) is -0.00409. The first kappa shape index (κ1) is 17.8. The highest BCUT2D eigenvalue weighted by Crippen LogP contribution is 2.38. The van der Waals surface area contributed by atoms with Gasteiger partial charge in [0, 0.05) is 11.1 Å². The van der Waals surface area contributed by atoms with E-state index in [1.807, 2.05) is 6.07 Å². The van der Waals surface area contributed by atoms with Gasteiger partial charge in [-0.1, -0.05) is 35.0 Å². The van der Waals surface area contributed by atoms with Gasteiger partial charge in [-0.2, -0.15) is 0 Å². The fourth-order valence-electron chi connectivity index (χ4n) is 4.06. The number of aryl methyl sites for hydroxylation is 2. The van der Waals surface area contributed by atoms with Crippen LogP contribution in [0.4, 0.5) is 5.69 Å². The van der Waals surface area contributed by atoms with E-state index < -0.39 is 11.4 Å². The highest BCUT2D eigenvalue weighted by molar-refractivity contribution is 7.21. The molecule has 1 aromatic carbocycles. The second-order valence-electron chi connectivity index (χ2n) is 7.36. The summed E-state index contributed by atoms with van der Waals surface area (Å²) >= 11 is 1.22. The van der Waals surface area contributed by atoms with Crippen LogP contribution in [0.25, 0.3) is 10.2 Å². The number of carbonyl (C=O) groups excluding carboxylic acids is 1. The van der Waals surface area contributed by atoms with Crippen molar-refractivity contribution < 1.29 is 14.0 Å². The van der Waals surface area contributed by atoms with Crippen LogP contribution in [-0.4, -0.2) is 16.0 Å². The second kappa shape index (κ2) is 6.66. The molecular weight excluding hydrogens is 388 g/mol. The van der Waals surface area contributed by atoms with Gasteiger partial charge in [-0.15, -0.1) is 11.3 Å². The zero-order valence-corrected chi connectivity index (χ0v) is 16.6. The molecule has 1 unspecified atom stereocenters. The number of ketones is 1. The van der Waals surface area contributed by atoms with E-state index in [0.29, 0.717) is 16.5 Å². The number of pyridine rings is 1. The van der Waals surface area contributed by atoms with Gasteiger partial charge in [-0.05, 0) is 47.6 Å². The van der Waals surface area contributed by atoms with Crippen LogP contribution >= 0.6 is 11.3 Å². The Balaban J connectivity index is 1.56. The topological polar surface area (TPSA) is 106 Å². The summed E-state index contributed by atoms with van der Waals surface area (Å²) in [6.45, 7) is 0. The highest BCUT2D eigenvalue weighted by atomic mass is 32.1. The smallest absolute Gasteiger partial charge is 0.397 e. The van der Waals surface area contributed by atoms with Gasteiger partial charge in [0.05, 0.1) is 5.69 Å². The Morgan fingerprint density at radius 3 is 2.86 bits per heavy atom. The van der Waals surface area contributed by atoms with Gasteiger partial charge in [0.15, 0.2) is 7.05 Å². The number of H-pyrrole nitrogens is 1. The molecule has 3 heterocycles. The molecule has 8 heteroatoms. The monoisotopic (exact) mass is 407 g/mol. The quantitative estimate of drug-likeness (QED) is 0.401. The number of nitrogens with two attached hydrogens (primary N) is 1. The molecule has 0 saturated heterocycles. The Labute approximate surface area is 169 Å². The average molecular weight is 407 g/mol. The van der Waals surface area contributed by atoms with Gasteiger partial charge < -0.3 is 5.73 Å². The second-order valence-corrected chi connectivity index (χ2v) is 8.36. The van der Waals surface area contributed by atoms with Crippen molar-refractivity contribution >= 4 is 33.0 Å². The summed E-state index contributed by atoms with van der Waals surface area (Å²) in [6, 6.07) is 12.6. The molecular formula is C21H19N4O3S+. The molecule has 3 N–H and O–H groups in total. The minimum Gasteiger partial charge on any atom is -0.397 e. The minimum absolute atomic E-state index is 0.0860. The fraction of sp³-hybridized carbons (Fsp3) is 0.238. The van der Waals surface area contributed by atoms with Crippen LogP contribution in [0.3, 0.4) is 0 Å². The number of carbonyl (C=O) groups is 1. The van der Waals surface area contributed by atoms with E-state index in [1.165, 1.54) is 27.1 Å². The summed E-state index contributed by atoms with van der Waals surface area (Å²) in [4.78, 5) is 30.6. The molecule has 3 aromatic heterocycles. The lowest BCUT2D eigenvalue weighted by Gasteiger charge is -2.24. The molecule has 1 aliphatic rings. The maximum atomic E-state index is 12.9. The summed E-state index contributed by atoms with van der Waals surface area (Å²) in [6.07, 6.45) is 2.84. The van der Waals surface area contributed by atoms with Crippen LogP contribution in [0.1, 0.15) is 44.5 Å². The summed E-state index contributed by atoms with van der Waals surface area (Å²) in [5.41, 5.74) is 9.46. The minimum atomic E-state index is -0.715. The summed E-state index contributed by atoms with van der Waals surface area (Å²) in [5, 5.41) is 3.13. The third-order valence-corrected chi connectivity index (χ3v) is 6.70. The van der Waals surface area contributed by atoms with E-state index >= 15 is 0 Å². The van der Waals surface area contributed by atoms with E-state index in [2.05, 4.69) is 35.6 Å². The Morgan fingerprint density at radius 2 is 2.14 bits per heavy atom. The van der Waals surface area contributed by atoms with Crippen LogP contribution in [0, 0.1) is 0 Å². The number of rotatable bonds is 3. The lowest BCUT2D eigenvalue weighted by atomic mass is 9.82. The molecule has 29 heavy (non-hydrogen) atoms. The molecule has 7 nitrogen and oxygen atoms in total. The van der Waals surface area contributed by atoms with Gasteiger partial charge in [0.25, 0.3) is 5.78 Å². The number of hydrogen-bond donors (Lipinski definition) is 2. The number of thiophene rings is 1. The van der Waals surface area contributed by atoms with Gasteiger partial charge in [0.1, 0.15) is 9.71 Å². The maximum Gasteiger partial charge on any atom is 0.438 e. The van der Waals surface area contributed by atoms with E-state index in [4.69, 9.17) is 15.2 Å². The molecule has 0 radical (unpaired) electrons. The molecule has 1 aliphatic carbocycles. The lowest BCUT2D eigenvalue weighted by molar-refractivity contribution is -0.741. The molecule has 0 saturated carbocycles. The third kappa shape index (κ3) is 2.87. The fourth-order valence-corrected chi connectivity index (χ4v) is 5.10. The maximum absolute atomic E-state index is 12.9. The van der Waals surface area contributed by atoms with E-state index in [1.54, 1.807) is 7.05 Å². The number of nitrogen functional groups attached to an aromatic ring is 1. The SMILES string of the molecule is C[n+]1[nH]oc(=O)c1C(=O)c1sc2nc3c(cc2c1N)CC(c1ccccc1)CC3. The number of aromatic amines is 1. The van der Waals surface area contributed by atoms with Crippen molar-refractivity contribution in [2.75, 3.05) is 5.73 Å². The molecule has 0 fully saturated rings. The van der Waals surface area contributed by atoms with Crippen LogP contribution < -0.4 is 16.0 Å². The van der Waals surface area contributed by atoms with Crippen LogP contribution in [-0.2, 0) is 19.9 Å². The van der Waals surface area contributed by atoms with Crippen LogP contribution in [0.5, 0.6) is 0 Å². The number of anilines is 1. The Morgan fingerprint density at radius 1 is 1.34 bits per heavy atom. The number of benzene rings is 1. The van der Waals surface area contributed by atoms with Gasteiger partial charge in [0.2, 0.25) is 0 Å². The molecule has 0 bridgehead atoms. The number of fused-ring (bicyclic) bond motifs is 2. The standard InChI is InChI=1S/C21H18N4O3S/c1-25-17(21(27)28-24-25)18(26)19-16(22)14-10-13-9-12(11-5-3-2-4-6-11)7-8-15(13)23-20(14)29-19/h2-6,10,12H,7-9H2,1H3,(H2-,22,24,26,27)/p+1. The predicted molar refractivity (Wildman–Crippen MR) is 109 cm³/mol. The number of nitrogens with zero attached hydrogens (tertiary/aromatic N) is 2. The average Bonchev–Trinajstić information content (AvgIpc) is 3.25. The van der Waals surface area contributed by atoms with Crippen LogP contribution in [0.15, 0.2) is 45.7 Å². The van der Waals surface area contributed by atoms with Crippen molar-refractivity contribution in [2.45, 2.75) is 25.2 Å². The highest BCUT2D eigenvalue weighted by Gasteiger charge is 2.32. The van der Waals surface area contributed by atoms with Gasteiger partial charge in [-0.25, -0.2) is 9.78 Å². The van der Waals surface area contributed by atoms with Crippen molar-refractivity contribution in [3.05, 3.63) is 74.2 Å². The molecule has 5 rings (SSSR count). The zero-order chi connectivity index (χ0) is 20.1. The van der Waals surface area contributed by atoms with Crippen molar-refractivity contribution in [3.63, 3.8) is 0 Å². The molecule has 1 atom stereocenters. The van der Waals surface area contributed by atoms with E-state index in [0.717, 1.165) is 35.2 Å². The molecule has 0 aliphatic heterocycles. The van der Waals surface area contributed by atoms with E-state index in [-0.39, 0.29) is 5.69 Å². The first-order valence-electron chi connectivity index (χ1n) is 9.41. The largest absolute Gasteiger partial charge is 0.438 e. The lowest BCUT2D eigenvalue weighted by Crippen LogP contribution is -2.39. The van der Waals surface area contributed by atoms with Crippen molar-refractivity contribution in [1.82, 2.24) is 10.3 Å². The normalized spacial score (nSPS) is 16.1. The van der Waals surface area contributed by atoms with Gasteiger partial charge in [-0.3, -0.25) is 9.32 Å². The van der Waals surface area contributed by atoms with E-state index in [9.17, 15) is 9.59 Å². The van der Waals surface area contributed by atoms with Crippen molar-refractivity contribution in [1.29, 1.82) is 0 Å². The molecule has 146 valence electrons. The Bertz CT molecular complexity index is 1300. The van der Waals surface area contributed by atoms with Crippen molar-refractivity contribution in [3.8, 4) is 0 Å². The van der Waals surface area contributed by atoms with Crippen LogP contribution in [0.2, 0.25) is 0 Å². The Hall–Kier alpha value is -3.26. The number of hydrogen-bond acceptors (Lipinski definition) is 6. The molecule has 0 amide bonds. The zero-order valence-electron chi connectivity index (χ0n) is 15.8. The number of nitrogens with one attached hydrogen (secondary N) is 1. The van der Waals surface area contributed by atoms with Gasteiger partial charge >= 0.3 is 11.3 Å². The summed E-state index contributed by atoms with van der Waals surface area (Å²) in [7, 11) is 1.54. The first-order valence-corrected chi connectivity index (χ1v) is 10.2. The number of aromatic nitrogens is 3.